The van der Waals surface area contributed by atoms with Gasteiger partial charge in [0, 0.05) is 34.6 Å². The molecule has 2 aliphatic rings. The third-order valence-corrected chi connectivity index (χ3v) is 11.8. The molecule has 3 aromatic carbocycles. The van der Waals surface area contributed by atoms with Crippen LogP contribution in [0.4, 0.5) is 0 Å². The maximum absolute atomic E-state index is 7.07. The molecule has 7 heteroatoms. The number of benzene rings is 3. The topological polar surface area (TPSA) is 61.5 Å². The first-order chi connectivity index (χ1) is 25.2. The van der Waals surface area contributed by atoms with Crippen molar-refractivity contribution >= 4 is 27.8 Å². The van der Waals surface area contributed by atoms with Gasteiger partial charge in [-0.05, 0) is 95.8 Å². The Morgan fingerprint density at radius 2 is 1.55 bits per heavy atom. The van der Waals surface area contributed by atoms with E-state index in [4.69, 9.17) is 24.4 Å². The number of hydrogen-bond donors (Lipinski definition) is 0. The summed E-state index contributed by atoms with van der Waals surface area (Å²) < 4.78 is 15.9. The second-order valence-electron chi connectivity index (χ2n) is 18.9. The molecule has 0 N–H and O–H groups in total. The van der Waals surface area contributed by atoms with Crippen molar-refractivity contribution in [1.29, 1.82) is 0 Å². The largest absolute Gasteiger partial charge is 2.00 e. The van der Waals surface area contributed by atoms with E-state index in [0.29, 0.717) is 17.5 Å². The Labute approximate surface area is 341 Å². The summed E-state index contributed by atoms with van der Waals surface area (Å²) in [6, 6.07) is 28.6. The first kappa shape index (κ1) is 39.0. The number of pyridine rings is 2. The summed E-state index contributed by atoms with van der Waals surface area (Å²) in [6.07, 6.45) is 2.72. The Balaban J connectivity index is 0.00000465. The summed E-state index contributed by atoms with van der Waals surface area (Å²) in [5, 5.41) is 2.27. The first-order valence-electron chi connectivity index (χ1n) is 19.2. The summed E-state index contributed by atoms with van der Waals surface area (Å²) in [5.74, 6) is 1.47. The molecule has 55 heavy (non-hydrogen) atoms. The number of fused-ring (bicyclic) bond motifs is 6. The number of aliphatic imine (C=N–C) groups is 1. The van der Waals surface area contributed by atoms with Gasteiger partial charge in [-0.1, -0.05) is 92.1 Å². The van der Waals surface area contributed by atoms with Crippen LogP contribution in [0.1, 0.15) is 114 Å². The second kappa shape index (κ2) is 12.9. The van der Waals surface area contributed by atoms with Gasteiger partial charge in [0.1, 0.15) is 28.6 Å². The molecule has 8 rings (SSSR count). The van der Waals surface area contributed by atoms with Gasteiger partial charge in [-0.2, -0.15) is 12.1 Å². The fourth-order valence-electron chi connectivity index (χ4n) is 8.52. The number of aryl methyl sites for hydroxylation is 3. The van der Waals surface area contributed by atoms with Crippen LogP contribution in [0.5, 0.6) is 11.6 Å². The minimum atomic E-state index is -0.549. The van der Waals surface area contributed by atoms with E-state index in [1.807, 2.05) is 24.4 Å². The molecular weight excluding hydrogens is 860 g/mol. The molecule has 0 fully saturated rings. The molecule has 0 radical (unpaired) electrons. The van der Waals surface area contributed by atoms with Crippen molar-refractivity contribution in [1.82, 2.24) is 14.5 Å². The number of ether oxygens (including phenoxy) is 2. The van der Waals surface area contributed by atoms with Crippen LogP contribution in [0, 0.1) is 38.3 Å². The molecule has 4 heterocycles. The number of rotatable bonds is 4. The summed E-state index contributed by atoms with van der Waals surface area (Å²) in [5.41, 5.74) is 10.4. The van der Waals surface area contributed by atoms with Gasteiger partial charge in [0.2, 0.25) is 0 Å². The molecule has 0 spiro atoms. The quantitative estimate of drug-likeness (QED) is 0.165. The maximum atomic E-state index is 7.07. The zero-order valence-electron chi connectivity index (χ0n) is 34.5. The molecule has 0 saturated carbocycles. The van der Waals surface area contributed by atoms with E-state index >= 15 is 0 Å². The van der Waals surface area contributed by atoms with Crippen LogP contribution in [0.3, 0.4) is 0 Å². The molecule has 1 aliphatic heterocycles. The van der Waals surface area contributed by atoms with Gasteiger partial charge in [-0.3, -0.25) is 9.98 Å². The summed E-state index contributed by atoms with van der Waals surface area (Å²) in [4.78, 5) is 15.4. The van der Waals surface area contributed by atoms with E-state index in [1.54, 1.807) is 0 Å². The molecule has 0 amide bonds. The average molecular weight is 912 g/mol. The normalized spacial score (nSPS) is 19.5. The van der Waals surface area contributed by atoms with E-state index in [-0.39, 0.29) is 37.3 Å². The smallest absolute Gasteiger partial charge is 0.510 e. The minimum Gasteiger partial charge on any atom is -0.510 e. The summed E-state index contributed by atoms with van der Waals surface area (Å²) >= 11 is 0. The van der Waals surface area contributed by atoms with E-state index in [0.717, 1.165) is 50.9 Å². The Morgan fingerprint density at radius 3 is 2.24 bits per heavy atom. The van der Waals surface area contributed by atoms with Crippen LogP contribution in [0.15, 0.2) is 71.9 Å². The van der Waals surface area contributed by atoms with Gasteiger partial charge >= 0.3 is 21.1 Å². The third kappa shape index (κ3) is 6.24. The molecule has 0 unspecified atom stereocenters. The van der Waals surface area contributed by atoms with Crippen molar-refractivity contribution in [2.75, 3.05) is 0 Å². The molecule has 286 valence electrons. The Hall–Kier alpha value is -4.28. The van der Waals surface area contributed by atoms with E-state index < -0.39 is 11.1 Å². The van der Waals surface area contributed by atoms with E-state index in [1.165, 1.54) is 27.8 Å². The minimum absolute atomic E-state index is 0. The standard InChI is InChI=1S/C48H52N4O2.Pt/c1-28-19-37-36-23-33(44(4,5)6)17-18-39(36)52(42(37)49-27-28)34-24-40(45(7,8)9)50-41(25-34)53-35-16-14-15-31(22-35)43-51-47(13)38-21-30(3)29(2)20-32(38)26-48(47,54-43)46(10,11)12;/h14-21,23-24,27H,26H2,1-13H3;/q-2;+2/t47-,48-;/m1./s1. The van der Waals surface area contributed by atoms with Crippen LogP contribution in [-0.2, 0) is 48.6 Å². The number of aromatic nitrogens is 3. The molecule has 6 aromatic rings. The van der Waals surface area contributed by atoms with Gasteiger partial charge in [0.15, 0.2) is 0 Å². The maximum Gasteiger partial charge on any atom is 2.00 e. The molecule has 0 bridgehead atoms. The van der Waals surface area contributed by atoms with Gasteiger partial charge in [-0.25, -0.2) is 4.98 Å². The van der Waals surface area contributed by atoms with Crippen molar-refractivity contribution in [2.45, 2.75) is 118 Å². The molecule has 0 saturated heterocycles. The molecule has 1 aliphatic carbocycles. The molecule has 3 aromatic heterocycles. The average Bonchev–Trinajstić information content (AvgIpc) is 3.65. The van der Waals surface area contributed by atoms with Crippen molar-refractivity contribution in [3.05, 3.63) is 124 Å². The Bertz CT molecular complexity index is 2540. The number of nitrogens with zero attached hydrogens (tertiary/aromatic N) is 4. The summed E-state index contributed by atoms with van der Waals surface area (Å²) in [6.45, 7) is 28.7. The van der Waals surface area contributed by atoms with Gasteiger partial charge in [0.05, 0.1) is 5.52 Å². The first-order valence-corrected chi connectivity index (χ1v) is 19.2. The van der Waals surface area contributed by atoms with Crippen molar-refractivity contribution < 1.29 is 30.5 Å². The van der Waals surface area contributed by atoms with E-state index in [2.05, 4.69) is 149 Å². The van der Waals surface area contributed by atoms with Crippen LogP contribution in [-0.4, -0.2) is 26.0 Å². The van der Waals surface area contributed by atoms with E-state index in [9.17, 15) is 0 Å². The SMILES string of the molecule is Cc1cnc2c(c1)c1cc(C(C)(C)C)ccc1n2-c1[c-]c(Oc2[c-]c(C3=N[C@]4(C)c5cc(C)c(C)cc5C[C@]4(C(C)(C)C)O3)ccc2)nc(C(C)(C)C)c1.[Pt+2]. The number of hydrogen-bond acceptors (Lipinski definition) is 5. The van der Waals surface area contributed by atoms with Crippen molar-refractivity contribution in [2.24, 2.45) is 10.4 Å². The zero-order valence-corrected chi connectivity index (χ0v) is 36.8. The Kier molecular flexibility index (Phi) is 9.13. The monoisotopic (exact) mass is 911 g/mol. The van der Waals surface area contributed by atoms with Crippen molar-refractivity contribution in [3.8, 4) is 17.3 Å². The predicted molar refractivity (Wildman–Crippen MR) is 219 cm³/mol. The van der Waals surface area contributed by atoms with Crippen molar-refractivity contribution in [3.63, 3.8) is 0 Å². The van der Waals surface area contributed by atoms with Crippen LogP contribution in [0.25, 0.3) is 27.6 Å². The third-order valence-electron chi connectivity index (χ3n) is 11.8. The second-order valence-corrected chi connectivity index (χ2v) is 18.9. The van der Waals surface area contributed by atoms with Crippen LogP contribution in [0.2, 0.25) is 0 Å². The fraction of sp³-hybridized carbons (Fsp3) is 0.396. The van der Waals surface area contributed by atoms with Gasteiger partial charge in [-0.15, -0.1) is 23.9 Å². The van der Waals surface area contributed by atoms with Gasteiger partial charge in [0.25, 0.3) is 0 Å². The van der Waals surface area contributed by atoms with Gasteiger partial charge < -0.3 is 14.0 Å². The molecule has 6 nitrogen and oxygen atoms in total. The summed E-state index contributed by atoms with van der Waals surface area (Å²) in [7, 11) is 0. The van der Waals surface area contributed by atoms with Crippen LogP contribution < -0.4 is 4.74 Å². The predicted octanol–water partition coefficient (Wildman–Crippen LogP) is 11.5. The molecular formula is C48H52N4O2Pt. The fourth-order valence-corrected chi connectivity index (χ4v) is 8.52. The van der Waals surface area contributed by atoms with Crippen LogP contribution >= 0.6 is 0 Å². The Morgan fingerprint density at radius 1 is 0.818 bits per heavy atom. The zero-order chi connectivity index (χ0) is 38.7. The molecule has 2 atom stereocenters.